The summed E-state index contributed by atoms with van der Waals surface area (Å²) < 4.78 is 18.8. The van der Waals surface area contributed by atoms with Gasteiger partial charge in [-0.15, -0.1) is 11.8 Å². The highest BCUT2D eigenvalue weighted by Crippen LogP contribution is 2.32. The van der Waals surface area contributed by atoms with E-state index in [2.05, 4.69) is 0 Å². The molecule has 0 aliphatic heterocycles. The molecule has 0 amide bonds. The molecule has 2 rings (SSSR count). The molecule has 0 saturated carbocycles. The van der Waals surface area contributed by atoms with Crippen molar-refractivity contribution < 1.29 is 9.13 Å². The van der Waals surface area contributed by atoms with Crippen LogP contribution in [0.5, 0.6) is 5.75 Å². The summed E-state index contributed by atoms with van der Waals surface area (Å²) in [6.45, 7) is 2.01. The van der Waals surface area contributed by atoms with Gasteiger partial charge in [-0.05, 0) is 29.8 Å². The van der Waals surface area contributed by atoms with E-state index >= 15 is 0 Å². The van der Waals surface area contributed by atoms with Gasteiger partial charge in [0, 0.05) is 16.2 Å². The van der Waals surface area contributed by atoms with E-state index < -0.39 is 0 Å². The molecule has 2 atom stereocenters. The summed E-state index contributed by atoms with van der Waals surface area (Å²) in [5, 5.41) is 0.0697. The van der Waals surface area contributed by atoms with Crippen molar-refractivity contribution in [2.45, 2.75) is 23.1 Å². The summed E-state index contributed by atoms with van der Waals surface area (Å²) in [6.07, 6.45) is 0. The Hall–Kier alpha value is -1.52. The largest absolute Gasteiger partial charge is 0.497 e. The van der Waals surface area contributed by atoms with Gasteiger partial charge in [0.2, 0.25) is 0 Å². The average molecular weight is 291 g/mol. The van der Waals surface area contributed by atoms with Crippen LogP contribution in [0.2, 0.25) is 0 Å². The molecule has 0 radical (unpaired) electrons. The van der Waals surface area contributed by atoms with Crippen molar-refractivity contribution in [1.82, 2.24) is 0 Å². The molecule has 106 valence electrons. The quantitative estimate of drug-likeness (QED) is 0.845. The highest BCUT2D eigenvalue weighted by Gasteiger charge is 2.17. The zero-order valence-corrected chi connectivity index (χ0v) is 12.4. The minimum atomic E-state index is -0.203. The lowest BCUT2D eigenvalue weighted by Gasteiger charge is -2.20. The average Bonchev–Trinajstić information content (AvgIpc) is 2.49. The molecule has 0 bridgehead atoms. The Bertz CT molecular complexity index is 559. The summed E-state index contributed by atoms with van der Waals surface area (Å²) in [4.78, 5) is 0.629. The Morgan fingerprint density at radius 1 is 1.10 bits per heavy atom. The van der Waals surface area contributed by atoms with Gasteiger partial charge in [-0.2, -0.15) is 0 Å². The number of hydrogen-bond acceptors (Lipinski definition) is 3. The lowest BCUT2D eigenvalue weighted by molar-refractivity contribution is 0.414. The standard InChI is InChI=1S/C16H18FNOS/c1-11(20-15-6-4-3-5-14(15)17)16(18)12-7-9-13(19-2)10-8-12/h3-11,16H,18H2,1-2H3. The number of ether oxygens (including phenoxy) is 1. The minimum Gasteiger partial charge on any atom is -0.497 e. The molecule has 2 unspecified atom stereocenters. The lowest BCUT2D eigenvalue weighted by Crippen LogP contribution is -2.21. The summed E-state index contributed by atoms with van der Waals surface area (Å²) in [6, 6.07) is 14.3. The van der Waals surface area contributed by atoms with Crippen LogP contribution in [0.1, 0.15) is 18.5 Å². The van der Waals surface area contributed by atoms with Crippen molar-refractivity contribution in [3.63, 3.8) is 0 Å². The van der Waals surface area contributed by atoms with Crippen molar-refractivity contribution >= 4 is 11.8 Å². The lowest BCUT2D eigenvalue weighted by atomic mass is 10.1. The molecule has 2 N–H and O–H groups in total. The monoisotopic (exact) mass is 291 g/mol. The van der Waals surface area contributed by atoms with Gasteiger partial charge in [0.05, 0.1) is 7.11 Å². The third-order valence-electron chi connectivity index (χ3n) is 3.16. The Labute approximate surface area is 123 Å². The predicted molar refractivity (Wildman–Crippen MR) is 81.6 cm³/mol. The van der Waals surface area contributed by atoms with E-state index in [1.165, 1.54) is 17.8 Å². The van der Waals surface area contributed by atoms with E-state index in [9.17, 15) is 4.39 Å². The van der Waals surface area contributed by atoms with Gasteiger partial charge in [-0.3, -0.25) is 0 Å². The summed E-state index contributed by atoms with van der Waals surface area (Å²) >= 11 is 1.45. The van der Waals surface area contributed by atoms with Crippen LogP contribution in [0.15, 0.2) is 53.4 Å². The summed E-state index contributed by atoms with van der Waals surface area (Å²) in [5.41, 5.74) is 7.26. The summed E-state index contributed by atoms with van der Waals surface area (Å²) in [5.74, 6) is 0.599. The van der Waals surface area contributed by atoms with Crippen molar-refractivity contribution in [3.05, 3.63) is 59.9 Å². The van der Waals surface area contributed by atoms with Crippen LogP contribution < -0.4 is 10.5 Å². The number of thioether (sulfide) groups is 1. The highest BCUT2D eigenvalue weighted by molar-refractivity contribution is 8.00. The van der Waals surface area contributed by atoms with Gasteiger partial charge in [0.1, 0.15) is 11.6 Å². The van der Waals surface area contributed by atoms with E-state index in [-0.39, 0.29) is 17.1 Å². The van der Waals surface area contributed by atoms with Crippen LogP contribution in [0.25, 0.3) is 0 Å². The third kappa shape index (κ3) is 3.52. The molecule has 0 fully saturated rings. The highest BCUT2D eigenvalue weighted by atomic mass is 32.2. The van der Waals surface area contributed by atoms with Crippen LogP contribution in [0.3, 0.4) is 0 Å². The molecule has 0 aliphatic carbocycles. The van der Waals surface area contributed by atoms with Crippen LogP contribution in [-0.2, 0) is 0 Å². The fourth-order valence-electron chi connectivity index (χ4n) is 1.91. The maximum absolute atomic E-state index is 13.6. The number of hydrogen-bond donors (Lipinski definition) is 1. The fourth-order valence-corrected chi connectivity index (χ4v) is 2.95. The first-order valence-corrected chi connectivity index (χ1v) is 7.30. The summed E-state index contributed by atoms with van der Waals surface area (Å²) in [7, 11) is 1.63. The minimum absolute atomic E-state index is 0.0697. The number of rotatable bonds is 5. The predicted octanol–water partition coefficient (Wildman–Crippen LogP) is 4.01. The molecule has 2 nitrogen and oxygen atoms in total. The molecule has 2 aromatic carbocycles. The molecule has 4 heteroatoms. The normalized spacial score (nSPS) is 13.8. The van der Waals surface area contributed by atoms with Crippen LogP contribution in [0.4, 0.5) is 4.39 Å². The molecule has 20 heavy (non-hydrogen) atoms. The Morgan fingerprint density at radius 2 is 1.75 bits per heavy atom. The number of benzene rings is 2. The van der Waals surface area contributed by atoms with Gasteiger partial charge in [0.15, 0.2) is 0 Å². The Morgan fingerprint density at radius 3 is 2.35 bits per heavy atom. The van der Waals surface area contributed by atoms with E-state index in [0.29, 0.717) is 4.90 Å². The molecule has 0 spiro atoms. The van der Waals surface area contributed by atoms with E-state index in [4.69, 9.17) is 10.5 Å². The molecule has 0 aromatic heterocycles. The second-order valence-corrected chi connectivity index (χ2v) is 5.97. The third-order valence-corrected chi connectivity index (χ3v) is 4.41. The molecule has 0 aliphatic rings. The van der Waals surface area contributed by atoms with Gasteiger partial charge < -0.3 is 10.5 Å². The number of nitrogens with two attached hydrogens (primary N) is 1. The molecule has 2 aromatic rings. The fraction of sp³-hybridized carbons (Fsp3) is 0.250. The van der Waals surface area contributed by atoms with Gasteiger partial charge >= 0.3 is 0 Å². The van der Waals surface area contributed by atoms with Crippen LogP contribution in [-0.4, -0.2) is 12.4 Å². The molecule has 0 saturated heterocycles. The van der Waals surface area contributed by atoms with E-state index in [1.807, 2.05) is 37.3 Å². The van der Waals surface area contributed by atoms with Gasteiger partial charge in [0.25, 0.3) is 0 Å². The van der Waals surface area contributed by atoms with Crippen molar-refractivity contribution in [2.24, 2.45) is 5.73 Å². The zero-order chi connectivity index (χ0) is 14.5. The maximum atomic E-state index is 13.6. The smallest absolute Gasteiger partial charge is 0.136 e. The Balaban J connectivity index is 2.08. The van der Waals surface area contributed by atoms with Gasteiger partial charge in [-0.25, -0.2) is 4.39 Å². The van der Waals surface area contributed by atoms with Crippen LogP contribution in [0, 0.1) is 5.82 Å². The Kier molecular flexibility index (Phi) is 5.04. The molecular weight excluding hydrogens is 273 g/mol. The second kappa shape index (κ2) is 6.77. The van der Waals surface area contributed by atoms with Gasteiger partial charge in [-0.1, -0.05) is 31.2 Å². The SMILES string of the molecule is COc1ccc(C(N)C(C)Sc2ccccc2F)cc1. The maximum Gasteiger partial charge on any atom is 0.136 e. The molecular formula is C16H18FNOS. The zero-order valence-electron chi connectivity index (χ0n) is 11.5. The van der Waals surface area contributed by atoms with Crippen molar-refractivity contribution in [3.8, 4) is 5.75 Å². The molecule has 0 heterocycles. The first kappa shape index (κ1) is 14.9. The second-order valence-electron chi connectivity index (χ2n) is 4.55. The number of halogens is 1. The first-order valence-electron chi connectivity index (χ1n) is 6.42. The number of methoxy groups -OCH3 is 1. The van der Waals surface area contributed by atoms with Crippen molar-refractivity contribution in [2.75, 3.05) is 7.11 Å². The van der Waals surface area contributed by atoms with Crippen LogP contribution >= 0.6 is 11.8 Å². The first-order chi connectivity index (χ1) is 9.61. The van der Waals surface area contributed by atoms with Crippen molar-refractivity contribution in [1.29, 1.82) is 0 Å². The van der Waals surface area contributed by atoms with E-state index in [1.54, 1.807) is 19.2 Å². The topological polar surface area (TPSA) is 35.2 Å². The van der Waals surface area contributed by atoms with E-state index in [0.717, 1.165) is 11.3 Å².